The third kappa shape index (κ3) is 4.01. The van der Waals surface area contributed by atoms with Crippen molar-refractivity contribution in [3.63, 3.8) is 0 Å². The maximum Gasteiger partial charge on any atom is 0.252 e. The summed E-state index contributed by atoms with van der Waals surface area (Å²) < 4.78 is 10.6. The minimum absolute atomic E-state index is 0.0133. The van der Waals surface area contributed by atoms with E-state index in [1.165, 1.54) is 13.4 Å². The largest absolute Gasteiger partial charge is 0.493 e. The second kappa shape index (κ2) is 7.51. The van der Waals surface area contributed by atoms with Gasteiger partial charge in [0.05, 0.1) is 19.4 Å². The Balaban J connectivity index is 3.02. The van der Waals surface area contributed by atoms with Crippen molar-refractivity contribution in [2.24, 2.45) is 5.92 Å². The molecule has 1 atom stereocenters. The Bertz CT molecular complexity index is 602. The van der Waals surface area contributed by atoms with Crippen molar-refractivity contribution in [2.45, 2.75) is 33.2 Å². The number of nitrogens with zero attached hydrogens (tertiary/aromatic N) is 1. The Morgan fingerprint density at radius 2 is 2.09 bits per heavy atom. The molecular formula is C17H22N2O3. The van der Waals surface area contributed by atoms with Gasteiger partial charge in [-0.15, -0.1) is 0 Å². The van der Waals surface area contributed by atoms with Crippen molar-refractivity contribution in [1.82, 2.24) is 5.32 Å². The van der Waals surface area contributed by atoms with Gasteiger partial charge in [-0.3, -0.25) is 4.79 Å². The van der Waals surface area contributed by atoms with Gasteiger partial charge in [0.2, 0.25) is 0 Å². The van der Waals surface area contributed by atoms with Crippen molar-refractivity contribution in [3.8, 4) is 17.6 Å². The average Bonchev–Trinajstić information content (AvgIpc) is 2.52. The predicted octanol–water partition coefficient (Wildman–Crippen LogP) is 3.28. The third-order valence-electron chi connectivity index (χ3n) is 3.52. The van der Waals surface area contributed by atoms with Crippen LogP contribution in [0.1, 0.15) is 38.1 Å². The molecule has 1 aromatic carbocycles. The monoisotopic (exact) mass is 302 g/mol. The van der Waals surface area contributed by atoms with Gasteiger partial charge >= 0.3 is 0 Å². The summed E-state index contributed by atoms with van der Waals surface area (Å²) in [5.74, 6) is 0.632. The van der Waals surface area contributed by atoms with E-state index in [-0.39, 0.29) is 11.8 Å². The second-order valence-corrected chi connectivity index (χ2v) is 5.38. The number of rotatable bonds is 6. The lowest BCUT2D eigenvalue weighted by molar-refractivity contribution is 0.0907. The maximum absolute atomic E-state index is 12.3. The van der Waals surface area contributed by atoms with E-state index in [1.807, 2.05) is 20.8 Å². The van der Waals surface area contributed by atoms with Gasteiger partial charge in [-0.25, -0.2) is 0 Å². The molecule has 1 amide bonds. The van der Waals surface area contributed by atoms with Crippen molar-refractivity contribution in [3.05, 3.63) is 36.1 Å². The number of nitrogens with one attached hydrogen (secondary N) is 1. The van der Waals surface area contributed by atoms with Gasteiger partial charge in [-0.1, -0.05) is 19.9 Å². The number of hydrogen-bond acceptors (Lipinski definition) is 4. The first kappa shape index (κ1) is 17.6. The normalized spacial score (nSPS) is 13.5. The van der Waals surface area contributed by atoms with Crippen LogP contribution in [0.5, 0.6) is 11.5 Å². The third-order valence-corrected chi connectivity index (χ3v) is 3.52. The van der Waals surface area contributed by atoms with Crippen LogP contribution in [0.2, 0.25) is 0 Å². The number of ether oxygens (including phenoxy) is 2. The number of amides is 1. The molecule has 0 saturated carbocycles. The first-order valence-electron chi connectivity index (χ1n) is 7.07. The summed E-state index contributed by atoms with van der Waals surface area (Å²) >= 11 is 0. The van der Waals surface area contributed by atoms with E-state index < -0.39 is 5.54 Å². The second-order valence-electron chi connectivity index (χ2n) is 5.38. The fourth-order valence-corrected chi connectivity index (χ4v) is 1.66. The van der Waals surface area contributed by atoms with E-state index in [4.69, 9.17) is 9.47 Å². The zero-order chi connectivity index (χ0) is 16.8. The molecule has 0 aromatic heterocycles. The molecule has 5 nitrogen and oxygen atoms in total. The van der Waals surface area contributed by atoms with Gasteiger partial charge in [0.15, 0.2) is 11.5 Å². The fraction of sp³-hybridized carbons (Fsp3) is 0.412. The standard InChI is InChI=1S/C17H22N2O3/c1-6-9-22-14-8-7-13(10-15(14)21-5)16(20)19-17(4,11-18)12(2)3/h6-10,12H,1-5H3,(H,19,20)/b9-6-. The minimum Gasteiger partial charge on any atom is -0.493 e. The topological polar surface area (TPSA) is 71.3 Å². The molecule has 0 saturated heterocycles. The number of methoxy groups -OCH3 is 1. The minimum atomic E-state index is -0.926. The van der Waals surface area contributed by atoms with E-state index in [2.05, 4.69) is 11.4 Å². The summed E-state index contributed by atoms with van der Waals surface area (Å²) in [5, 5.41) is 12.0. The Hall–Kier alpha value is -2.48. The van der Waals surface area contributed by atoms with Crippen LogP contribution >= 0.6 is 0 Å². The molecular weight excluding hydrogens is 280 g/mol. The van der Waals surface area contributed by atoms with Gasteiger partial charge in [-0.05, 0) is 38.0 Å². The lowest BCUT2D eigenvalue weighted by Gasteiger charge is -2.27. The highest BCUT2D eigenvalue weighted by Crippen LogP contribution is 2.28. The molecule has 1 unspecified atom stereocenters. The van der Waals surface area contributed by atoms with Crippen LogP contribution in [0.4, 0.5) is 0 Å². The number of nitriles is 1. The first-order valence-corrected chi connectivity index (χ1v) is 7.07. The van der Waals surface area contributed by atoms with Gasteiger partial charge in [0.25, 0.3) is 5.91 Å². The maximum atomic E-state index is 12.3. The predicted molar refractivity (Wildman–Crippen MR) is 84.8 cm³/mol. The first-order chi connectivity index (χ1) is 10.4. The number of benzene rings is 1. The lowest BCUT2D eigenvalue weighted by Crippen LogP contribution is -2.48. The molecule has 1 rings (SSSR count). The molecule has 0 radical (unpaired) electrons. The van der Waals surface area contributed by atoms with Crippen LogP contribution in [0.25, 0.3) is 0 Å². The molecule has 0 aliphatic carbocycles. The Labute approximate surface area is 131 Å². The molecule has 118 valence electrons. The zero-order valence-electron chi connectivity index (χ0n) is 13.6. The highest BCUT2D eigenvalue weighted by molar-refractivity contribution is 5.95. The molecule has 0 aliphatic rings. The van der Waals surface area contributed by atoms with E-state index in [0.29, 0.717) is 17.1 Å². The fourth-order valence-electron chi connectivity index (χ4n) is 1.66. The summed E-state index contributed by atoms with van der Waals surface area (Å²) in [6.45, 7) is 7.31. The Morgan fingerprint density at radius 1 is 1.41 bits per heavy atom. The molecule has 0 bridgehead atoms. The molecule has 0 fully saturated rings. The zero-order valence-corrected chi connectivity index (χ0v) is 13.6. The number of carbonyl (C=O) groups is 1. The van der Waals surface area contributed by atoms with Gasteiger partial charge in [0.1, 0.15) is 5.54 Å². The molecule has 0 heterocycles. The summed E-state index contributed by atoms with van der Waals surface area (Å²) in [6.07, 6.45) is 3.28. The van der Waals surface area contributed by atoms with Crippen LogP contribution in [0.15, 0.2) is 30.5 Å². The highest BCUT2D eigenvalue weighted by Gasteiger charge is 2.30. The van der Waals surface area contributed by atoms with E-state index in [9.17, 15) is 10.1 Å². The van der Waals surface area contributed by atoms with E-state index in [0.717, 1.165) is 0 Å². The molecule has 1 aromatic rings. The summed E-state index contributed by atoms with van der Waals surface area (Å²) in [4.78, 5) is 12.3. The van der Waals surface area contributed by atoms with Crippen LogP contribution in [0.3, 0.4) is 0 Å². The molecule has 0 aliphatic heterocycles. The smallest absolute Gasteiger partial charge is 0.252 e. The summed E-state index contributed by atoms with van der Waals surface area (Å²) in [6, 6.07) is 7.03. The Kier molecular flexibility index (Phi) is 6.00. The van der Waals surface area contributed by atoms with Crippen molar-refractivity contribution >= 4 is 5.91 Å². The SMILES string of the molecule is C/C=C\Oc1ccc(C(=O)NC(C)(C#N)C(C)C)cc1OC. The van der Waals surface area contributed by atoms with Gasteiger partial charge < -0.3 is 14.8 Å². The number of carbonyl (C=O) groups excluding carboxylic acids is 1. The van der Waals surface area contributed by atoms with Gasteiger partial charge in [0, 0.05) is 5.56 Å². The number of hydrogen-bond donors (Lipinski definition) is 1. The molecule has 22 heavy (non-hydrogen) atoms. The lowest BCUT2D eigenvalue weighted by atomic mass is 9.89. The highest BCUT2D eigenvalue weighted by atomic mass is 16.5. The molecule has 5 heteroatoms. The van der Waals surface area contributed by atoms with Crippen LogP contribution in [-0.2, 0) is 0 Å². The van der Waals surface area contributed by atoms with Crippen LogP contribution < -0.4 is 14.8 Å². The van der Waals surface area contributed by atoms with Crippen LogP contribution in [-0.4, -0.2) is 18.6 Å². The van der Waals surface area contributed by atoms with Crippen molar-refractivity contribution in [1.29, 1.82) is 5.26 Å². The quantitative estimate of drug-likeness (QED) is 0.819. The average molecular weight is 302 g/mol. The van der Waals surface area contributed by atoms with Crippen LogP contribution in [0, 0.1) is 17.2 Å². The summed E-state index contributed by atoms with van der Waals surface area (Å²) in [7, 11) is 1.51. The van der Waals surface area contributed by atoms with Gasteiger partial charge in [-0.2, -0.15) is 5.26 Å². The number of allylic oxidation sites excluding steroid dienone is 1. The van der Waals surface area contributed by atoms with E-state index in [1.54, 1.807) is 31.2 Å². The summed E-state index contributed by atoms with van der Waals surface area (Å²) in [5.41, 5.74) is -0.517. The van der Waals surface area contributed by atoms with Crippen molar-refractivity contribution < 1.29 is 14.3 Å². The van der Waals surface area contributed by atoms with E-state index >= 15 is 0 Å². The molecule has 0 spiro atoms. The molecule has 1 N–H and O–H groups in total. The van der Waals surface area contributed by atoms with Crippen molar-refractivity contribution in [2.75, 3.05) is 7.11 Å². The Morgan fingerprint density at radius 3 is 2.59 bits per heavy atom.